The molecule has 12 heteroatoms. The second-order valence-electron chi connectivity index (χ2n) is 13.3. The lowest BCUT2D eigenvalue weighted by Gasteiger charge is -2.33. The number of para-hydroxylation sites is 2. The van der Waals surface area contributed by atoms with E-state index in [9.17, 15) is 19.2 Å². The number of imide groups is 1. The van der Waals surface area contributed by atoms with Gasteiger partial charge in [0.05, 0.1) is 35.2 Å². The van der Waals surface area contributed by atoms with Crippen molar-refractivity contribution in [2.75, 3.05) is 13.1 Å². The molecule has 0 spiro atoms. The highest BCUT2D eigenvalue weighted by molar-refractivity contribution is 6.05. The molecule has 47 heavy (non-hydrogen) atoms. The summed E-state index contributed by atoms with van der Waals surface area (Å²) in [6.07, 6.45) is 9.66. The predicted octanol–water partition coefficient (Wildman–Crippen LogP) is 2.62. The van der Waals surface area contributed by atoms with E-state index in [1.807, 2.05) is 42.6 Å². The van der Waals surface area contributed by atoms with E-state index in [2.05, 4.69) is 31.2 Å². The van der Waals surface area contributed by atoms with Crippen LogP contribution in [-0.2, 0) is 27.3 Å². The summed E-state index contributed by atoms with van der Waals surface area (Å²) in [4.78, 5) is 63.1. The van der Waals surface area contributed by atoms with Crippen LogP contribution in [0.1, 0.15) is 59.6 Å². The van der Waals surface area contributed by atoms with Gasteiger partial charge in [-0.15, -0.1) is 0 Å². The van der Waals surface area contributed by atoms with Crippen LogP contribution in [0.3, 0.4) is 0 Å². The molecule has 2 aromatic carbocycles. The number of hydrogen-bond acceptors (Lipinski definition) is 8. The van der Waals surface area contributed by atoms with E-state index in [1.54, 1.807) is 17.2 Å². The van der Waals surface area contributed by atoms with Crippen molar-refractivity contribution in [3.8, 4) is 11.3 Å². The Hall–Kier alpha value is -4.97. The minimum absolute atomic E-state index is 0.196. The maximum absolute atomic E-state index is 13.1. The van der Waals surface area contributed by atoms with E-state index in [-0.39, 0.29) is 36.0 Å². The molecule has 4 aliphatic rings. The molecule has 0 bridgehead atoms. The van der Waals surface area contributed by atoms with Crippen LogP contribution in [-0.4, -0.2) is 78.4 Å². The van der Waals surface area contributed by atoms with Crippen LogP contribution in [0.2, 0.25) is 0 Å². The Morgan fingerprint density at radius 3 is 2.62 bits per heavy atom. The second-order valence-corrected chi connectivity index (χ2v) is 13.3. The second kappa shape index (κ2) is 11.7. The predicted molar refractivity (Wildman–Crippen MR) is 171 cm³/mol. The number of fused-ring (bicyclic) bond motifs is 2. The molecule has 1 aliphatic carbocycles. The number of nitrogens with two attached hydrogens (primary N) is 1. The molecule has 4 aromatic rings. The summed E-state index contributed by atoms with van der Waals surface area (Å²) in [5, 5.41) is 7.01. The summed E-state index contributed by atoms with van der Waals surface area (Å²) >= 11 is 0. The van der Waals surface area contributed by atoms with Crippen molar-refractivity contribution in [3.05, 3.63) is 77.7 Å². The zero-order valence-corrected chi connectivity index (χ0v) is 25.9. The van der Waals surface area contributed by atoms with E-state index in [1.165, 1.54) is 0 Å². The highest BCUT2D eigenvalue weighted by atomic mass is 16.2. The number of amides is 4. The Balaban J connectivity index is 0.879. The van der Waals surface area contributed by atoms with Crippen molar-refractivity contribution in [2.24, 2.45) is 17.6 Å². The standard InChI is InChI=1S/C35H36N8O4/c36-33(45)26(14-20-5-6-24-21(13-20)18-42(35(24)47)30-7-8-32(44)40-34(30)46)25-15-31(25)41-11-9-23(10-12-41)43-19-22(16-38-43)29-17-37-27-3-1-2-4-28(27)39-29/h1-6,13,16-17,19,23,25-26,30-31H,7-12,14-15,18H2,(H2,36,45)(H,40,44,46). The first kappa shape index (κ1) is 29.4. The normalized spacial score (nSPS) is 24.0. The van der Waals surface area contributed by atoms with Gasteiger partial charge in [0.2, 0.25) is 17.7 Å². The third kappa shape index (κ3) is 5.56. The van der Waals surface area contributed by atoms with Gasteiger partial charge in [-0.25, -0.2) is 4.98 Å². The average molecular weight is 633 g/mol. The largest absolute Gasteiger partial charge is 0.369 e. The maximum atomic E-state index is 13.1. The number of nitrogens with zero attached hydrogens (tertiary/aromatic N) is 6. The van der Waals surface area contributed by atoms with Crippen molar-refractivity contribution in [3.63, 3.8) is 0 Å². The minimum atomic E-state index is -0.653. The number of nitrogens with one attached hydrogen (secondary N) is 1. The SMILES string of the molecule is NC(=O)C(Cc1ccc2c(c1)CN(C1CCC(=O)NC1=O)C2=O)C1CC1N1CCC(n2cc(-c3cnc4ccccc4n3)cn2)CC1. The lowest BCUT2D eigenvalue weighted by molar-refractivity contribution is -0.137. The van der Waals surface area contributed by atoms with Gasteiger partial charge in [-0.1, -0.05) is 24.3 Å². The number of piperidine rings is 2. The molecule has 12 nitrogen and oxygen atoms in total. The van der Waals surface area contributed by atoms with Gasteiger partial charge in [0.15, 0.2) is 0 Å². The maximum Gasteiger partial charge on any atom is 0.255 e. The van der Waals surface area contributed by atoms with E-state index < -0.39 is 11.9 Å². The van der Waals surface area contributed by atoms with Crippen molar-refractivity contribution < 1.29 is 19.2 Å². The van der Waals surface area contributed by atoms with E-state index in [4.69, 9.17) is 10.7 Å². The van der Waals surface area contributed by atoms with Crippen LogP contribution in [0, 0.1) is 11.8 Å². The first-order chi connectivity index (χ1) is 22.8. The third-order valence-corrected chi connectivity index (χ3v) is 10.4. The summed E-state index contributed by atoms with van der Waals surface area (Å²) < 4.78 is 2.06. The molecule has 4 atom stereocenters. The highest BCUT2D eigenvalue weighted by Gasteiger charge is 2.49. The smallest absolute Gasteiger partial charge is 0.255 e. The number of carbonyl (C=O) groups excluding carboxylic acids is 4. The molecule has 1 saturated carbocycles. The third-order valence-electron chi connectivity index (χ3n) is 10.4. The molecule has 240 valence electrons. The van der Waals surface area contributed by atoms with Gasteiger partial charge >= 0.3 is 0 Å². The van der Waals surface area contributed by atoms with Gasteiger partial charge in [-0.05, 0) is 67.3 Å². The molecule has 3 aliphatic heterocycles. The van der Waals surface area contributed by atoms with Crippen LogP contribution >= 0.6 is 0 Å². The van der Waals surface area contributed by atoms with Gasteiger partial charge in [-0.3, -0.25) is 39.1 Å². The molecule has 2 saturated heterocycles. The minimum Gasteiger partial charge on any atom is -0.369 e. The zero-order valence-electron chi connectivity index (χ0n) is 25.9. The number of primary amides is 1. The summed E-state index contributed by atoms with van der Waals surface area (Å²) in [6.45, 7) is 2.17. The van der Waals surface area contributed by atoms with E-state index >= 15 is 0 Å². The van der Waals surface area contributed by atoms with Crippen LogP contribution in [0.15, 0.2) is 61.1 Å². The molecule has 5 heterocycles. The van der Waals surface area contributed by atoms with E-state index in [0.717, 1.165) is 65.8 Å². The number of carbonyl (C=O) groups is 4. The first-order valence-electron chi connectivity index (χ1n) is 16.4. The van der Waals surface area contributed by atoms with Gasteiger partial charge < -0.3 is 10.6 Å². The van der Waals surface area contributed by atoms with Crippen molar-refractivity contribution in [1.82, 2.24) is 34.9 Å². The highest BCUT2D eigenvalue weighted by Crippen LogP contribution is 2.45. The molecule has 4 unspecified atom stereocenters. The van der Waals surface area contributed by atoms with Crippen LogP contribution < -0.4 is 11.1 Å². The Morgan fingerprint density at radius 2 is 1.83 bits per heavy atom. The molecule has 3 N–H and O–H groups in total. The number of benzene rings is 2. The Morgan fingerprint density at radius 1 is 1.02 bits per heavy atom. The molecule has 3 fully saturated rings. The summed E-state index contributed by atoms with van der Waals surface area (Å²) in [5.74, 6) is -1.33. The Kier molecular flexibility index (Phi) is 7.31. The zero-order chi connectivity index (χ0) is 32.2. The van der Waals surface area contributed by atoms with Gasteiger partial charge in [0, 0.05) is 55.3 Å². The Labute approximate surface area is 271 Å². The monoisotopic (exact) mass is 632 g/mol. The van der Waals surface area contributed by atoms with Crippen LogP contribution in [0.25, 0.3) is 22.3 Å². The lowest BCUT2D eigenvalue weighted by Crippen LogP contribution is -2.52. The Bertz CT molecular complexity index is 1910. The fourth-order valence-electron chi connectivity index (χ4n) is 7.77. The summed E-state index contributed by atoms with van der Waals surface area (Å²) in [7, 11) is 0. The van der Waals surface area contributed by atoms with Gasteiger partial charge in [0.25, 0.3) is 5.91 Å². The number of aromatic nitrogens is 4. The molecule has 2 aromatic heterocycles. The first-order valence-corrected chi connectivity index (χ1v) is 16.4. The summed E-state index contributed by atoms with van der Waals surface area (Å²) in [6, 6.07) is 13.5. The van der Waals surface area contributed by atoms with Crippen molar-refractivity contribution in [1.29, 1.82) is 0 Å². The number of likely N-dealkylation sites (tertiary alicyclic amines) is 1. The van der Waals surface area contributed by atoms with Crippen LogP contribution in [0.5, 0.6) is 0 Å². The fourth-order valence-corrected chi connectivity index (χ4v) is 7.77. The average Bonchev–Trinajstić information content (AvgIpc) is 3.58. The number of hydrogen-bond donors (Lipinski definition) is 2. The molecule has 0 radical (unpaired) electrons. The fraction of sp³-hybridized carbons (Fsp3) is 0.400. The van der Waals surface area contributed by atoms with Gasteiger partial charge in [0.1, 0.15) is 6.04 Å². The molecule has 4 amide bonds. The lowest BCUT2D eigenvalue weighted by atomic mass is 9.92. The number of rotatable bonds is 8. The summed E-state index contributed by atoms with van der Waals surface area (Å²) in [5.41, 5.74) is 11.8. The van der Waals surface area contributed by atoms with E-state index in [0.29, 0.717) is 37.0 Å². The van der Waals surface area contributed by atoms with Crippen molar-refractivity contribution >= 4 is 34.7 Å². The molecular weight excluding hydrogens is 596 g/mol. The topological polar surface area (TPSA) is 156 Å². The van der Waals surface area contributed by atoms with Crippen LogP contribution in [0.4, 0.5) is 0 Å². The quantitative estimate of drug-likeness (QED) is 0.281. The van der Waals surface area contributed by atoms with Gasteiger partial charge in [-0.2, -0.15) is 5.10 Å². The molecular formula is C35H36N8O4. The van der Waals surface area contributed by atoms with Crippen molar-refractivity contribution in [2.45, 2.75) is 63.2 Å². The molecule has 8 rings (SSSR count).